The third kappa shape index (κ3) is 4.57. The molecule has 0 fully saturated rings. The topological polar surface area (TPSA) is 58.9 Å². The molecule has 2 N–H and O–H groups in total. The maximum absolute atomic E-state index is 11.9. The highest BCUT2D eigenvalue weighted by atomic mass is 19.4. The number of benzene rings is 1. The minimum Gasteiger partial charge on any atom is -0.512 e. The Balaban J connectivity index is 2.95. The molecule has 1 aromatic rings. The smallest absolute Gasteiger partial charge is 0.512 e. The van der Waals surface area contributed by atoms with E-state index in [0.717, 1.165) is 18.2 Å². The molecular formula is C7H6BF3O4. The van der Waals surface area contributed by atoms with Crippen molar-refractivity contribution >= 4 is 7.32 Å². The Morgan fingerprint density at radius 1 is 1.27 bits per heavy atom. The second-order valence-corrected chi connectivity index (χ2v) is 2.37. The summed E-state index contributed by atoms with van der Waals surface area (Å²) in [6.07, 6.45) is -4.92. The van der Waals surface area contributed by atoms with Crippen LogP contribution in [0.2, 0.25) is 0 Å². The number of hydrogen-bond donors (Lipinski definition) is 2. The highest BCUT2D eigenvalue weighted by Crippen LogP contribution is 2.25. The molecule has 0 saturated heterocycles. The molecule has 0 aliphatic heterocycles. The standard InChI is InChI=1S/C7H6BF3O4/c9-7(10,11)14-5-2-1-3-6(4-5)15-8(12)13/h1-4,12-13H/i4D. The second-order valence-electron chi connectivity index (χ2n) is 2.37. The molecule has 0 spiro atoms. The van der Waals surface area contributed by atoms with E-state index in [-0.39, 0.29) is 0 Å². The molecule has 1 rings (SSSR count). The van der Waals surface area contributed by atoms with Crippen molar-refractivity contribution in [3.8, 4) is 11.5 Å². The molecule has 15 heavy (non-hydrogen) atoms. The second kappa shape index (κ2) is 4.41. The highest BCUT2D eigenvalue weighted by Gasteiger charge is 2.31. The number of rotatable bonds is 3. The van der Waals surface area contributed by atoms with E-state index in [0.29, 0.717) is 0 Å². The van der Waals surface area contributed by atoms with Gasteiger partial charge in [0.15, 0.2) is 0 Å². The van der Waals surface area contributed by atoms with Gasteiger partial charge >= 0.3 is 13.7 Å². The number of ether oxygens (including phenoxy) is 1. The van der Waals surface area contributed by atoms with E-state index in [1.54, 1.807) is 0 Å². The Morgan fingerprint density at radius 2 is 1.87 bits per heavy atom. The van der Waals surface area contributed by atoms with Gasteiger partial charge < -0.3 is 19.4 Å². The van der Waals surface area contributed by atoms with E-state index < -0.39 is 31.2 Å². The largest absolute Gasteiger partial charge is 0.707 e. The third-order valence-electron chi connectivity index (χ3n) is 1.20. The maximum atomic E-state index is 11.9. The minimum atomic E-state index is -4.92. The van der Waals surface area contributed by atoms with Crippen LogP contribution < -0.4 is 9.39 Å². The summed E-state index contributed by atoms with van der Waals surface area (Å²) in [5.74, 6) is -1.22. The van der Waals surface area contributed by atoms with Crippen LogP contribution in [0.4, 0.5) is 13.2 Å². The van der Waals surface area contributed by atoms with Crippen LogP contribution in [0.5, 0.6) is 11.5 Å². The lowest BCUT2D eigenvalue weighted by molar-refractivity contribution is -0.274. The lowest BCUT2D eigenvalue weighted by Crippen LogP contribution is -2.21. The van der Waals surface area contributed by atoms with Gasteiger partial charge in [-0.1, -0.05) is 6.07 Å². The Hall–Kier alpha value is -1.41. The van der Waals surface area contributed by atoms with Gasteiger partial charge in [-0.05, 0) is 12.1 Å². The van der Waals surface area contributed by atoms with E-state index in [4.69, 9.17) is 11.4 Å². The molecule has 0 unspecified atom stereocenters. The Bertz CT molecular complexity index is 371. The summed E-state index contributed by atoms with van der Waals surface area (Å²) in [6, 6.07) is 2.40. The van der Waals surface area contributed by atoms with E-state index in [1.807, 2.05) is 0 Å². The van der Waals surface area contributed by atoms with Gasteiger partial charge in [0.1, 0.15) is 11.5 Å². The van der Waals surface area contributed by atoms with Gasteiger partial charge in [0.25, 0.3) is 0 Å². The van der Waals surface area contributed by atoms with Crippen molar-refractivity contribution in [3.05, 3.63) is 24.2 Å². The van der Waals surface area contributed by atoms with E-state index in [9.17, 15) is 13.2 Å². The molecule has 0 amide bonds. The first-order valence-corrected chi connectivity index (χ1v) is 3.68. The summed E-state index contributed by atoms with van der Waals surface area (Å²) >= 11 is 0. The fourth-order valence-corrected chi connectivity index (χ4v) is 0.794. The predicted octanol–water partition coefficient (Wildman–Crippen LogP) is 0.933. The van der Waals surface area contributed by atoms with Crippen molar-refractivity contribution in [2.45, 2.75) is 6.36 Å². The molecule has 0 aliphatic carbocycles. The normalized spacial score (nSPS) is 11.9. The van der Waals surface area contributed by atoms with Crippen LogP contribution in [0.1, 0.15) is 1.37 Å². The molecule has 0 aliphatic rings. The van der Waals surface area contributed by atoms with Crippen LogP contribution in [0, 0.1) is 0 Å². The molecule has 0 heterocycles. The summed E-state index contributed by atoms with van der Waals surface area (Å²) in [4.78, 5) is 0. The first-order chi connectivity index (χ1) is 7.29. The Morgan fingerprint density at radius 3 is 2.40 bits per heavy atom. The van der Waals surface area contributed by atoms with Gasteiger partial charge in [-0.2, -0.15) is 0 Å². The van der Waals surface area contributed by atoms with E-state index in [1.165, 1.54) is 0 Å². The fraction of sp³-hybridized carbons (Fsp3) is 0.143. The summed E-state index contributed by atoms with van der Waals surface area (Å²) in [6.45, 7) is 0. The zero-order valence-corrected chi connectivity index (χ0v) is 7.15. The summed E-state index contributed by atoms with van der Waals surface area (Å²) in [7, 11) is -2.22. The van der Waals surface area contributed by atoms with Crippen LogP contribution >= 0.6 is 0 Å². The van der Waals surface area contributed by atoms with Crippen molar-refractivity contribution in [1.82, 2.24) is 0 Å². The van der Waals surface area contributed by atoms with Gasteiger partial charge in [-0.15, -0.1) is 13.2 Å². The van der Waals surface area contributed by atoms with E-state index in [2.05, 4.69) is 9.39 Å². The minimum absolute atomic E-state index is 0.434. The van der Waals surface area contributed by atoms with Gasteiger partial charge in [0.05, 0.1) is 1.37 Å². The third-order valence-corrected chi connectivity index (χ3v) is 1.20. The van der Waals surface area contributed by atoms with Crippen molar-refractivity contribution < 1.29 is 34.0 Å². The molecule has 0 saturated carbocycles. The van der Waals surface area contributed by atoms with Gasteiger partial charge in [-0.3, -0.25) is 0 Å². The van der Waals surface area contributed by atoms with Crippen molar-refractivity contribution in [2.75, 3.05) is 0 Å². The van der Waals surface area contributed by atoms with Crippen molar-refractivity contribution in [2.24, 2.45) is 0 Å². The zero-order chi connectivity index (χ0) is 12.3. The van der Waals surface area contributed by atoms with Crippen molar-refractivity contribution in [3.63, 3.8) is 0 Å². The molecular weight excluding hydrogens is 216 g/mol. The lowest BCUT2D eigenvalue weighted by atomic mass is 10.2. The zero-order valence-electron chi connectivity index (χ0n) is 8.15. The first-order valence-electron chi connectivity index (χ1n) is 4.18. The molecule has 8 heteroatoms. The predicted molar refractivity (Wildman–Crippen MR) is 43.9 cm³/mol. The average Bonchev–Trinajstić information content (AvgIpc) is 2.09. The van der Waals surface area contributed by atoms with Gasteiger partial charge in [0, 0.05) is 6.04 Å². The van der Waals surface area contributed by atoms with Crippen LogP contribution in [-0.4, -0.2) is 23.7 Å². The molecule has 0 aromatic heterocycles. The molecule has 0 bridgehead atoms. The number of hydrogen-bond acceptors (Lipinski definition) is 4. The van der Waals surface area contributed by atoms with Crippen molar-refractivity contribution in [1.29, 1.82) is 0 Å². The van der Waals surface area contributed by atoms with Crippen LogP contribution in [0.15, 0.2) is 24.2 Å². The number of halogens is 3. The molecule has 82 valence electrons. The molecule has 0 atom stereocenters. The summed E-state index contributed by atoms with van der Waals surface area (Å²) < 4.78 is 50.7. The number of alkyl halides is 3. The summed E-state index contributed by atoms with van der Waals surface area (Å²) in [5, 5.41) is 16.9. The van der Waals surface area contributed by atoms with Crippen LogP contribution in [0.3, 0.4) is 0 Å². The Labute approximate surface area is 84.4 Å². The molecule has 1 aromatic carbocycles. The first kappa shape index (κ1) is 10.1. The monoisotopic (exact) mass is 223 g/mol. The van der Waals surface area contributed by atoms with Crippen LogP contribution in [-0.2, 0) is 0 Å². The van der Waals surface area contributed by atoms with Crippen LogP contribution in [0.25, 0.3) is 0 Å². The quantitative estimate of drug-likeness (QED) is 0.748. The summed E-state index contributed by atoms with van der Waals surface area (Å²) in [5.41, 5.74) is 0. The van der Waals surface area contributed by atoms with Gasteiger partial charge in [0.2, 0.25) is 0 Å². The van der Waals surface area contributed by atoms with Gasteiger partial charge in [-0.25, -0.2) is 0 Å². The van der Waals surface area contributed by atoms with E-state index >= 15 is 0 Å². The fourth-order valence-electron chi connectivity index (χ4n) is 0.794. The molecule has 0 radical (unpaired) electrons. The molecule has 4 nitrogen and oxygen atoms in total. The SMILES string of the molecule is [2H]c1c(OB(O)O)cccc1OC(F)(F)F. The lowest BCUT2D eigenvalue weighted by Gasteiger charge is -2.10. The Kier molecular flexibility index (Phi) is 2.98. The highest BCUT2D eigenvalue weighted by molar-refractivity contribution is 6.33. The maximum Gasteiger partial charge on any atom is 0.707 e. The average molecular weight is 223 g/mol.